The van der Waals surface area contributed by atoms with Crippen LogP contribution in [-0.4, -0.2) is 21.0 Å². The third-order valence-electron chi connectivity index (χ3n) is 2.11. The molecule has 0 aliphatic rings. The lowest BCUT2D eigenvalue weighted by Crippen LogP contribution is -2.16. The van der Waals surface area contributed by atoms with Crippen LogP contribution in [0.15, 0.2) is 35.7 Å². The van der Waals surface area contributed by atoms with Crippen LogP contribution in [0.25, 0.3) is 0 Å². The first-order chi connectivity index (χ1) is 9.11. The van der Waals surface area contributed by atoms with Crippen molar-refractivity contribution in [1.29, 1.82) is 0 Å². The monoisotopic (exact) mass is 266 g/mol. The summed E-state index contributed by atoms with van der Waals surface area (Å²) in [5.41, 5.74) is 5.28. The number of benzene rings is 1. The fourth-order valence-electron chi connectivity index (χ4n) is 1.28. The highest BCUT2D eigenvalue weighted by atomic mass is 19.1. The van der Waals surface area contributed by atoms with Gasteiger partial charge in [0.2, 0.25) is 5.88 Å². The van der Waals surface area contributed by atoms with Crippen LogP contribution in [0.2, 0.25) is 0 Å². The molecule has 98 valence electrons. The third-order valence-corrected chi connectivity index (χ3v) is 2.11. The van der Waals surface area contributed by atoms with E-state index in [4.69, 9.17) is 15.7 Å². The van der Waals surface area contributed by atoms with Crippen molar-refractivity contribution in [3.05, 3.63) is 47.9 Å². The Labute approximate surface area is 106 Å². The first-order valence-electron chi connectivity index (χ1n) is 5.03. The molecule has 19 heavy (non-hydrogen) atoms. The Morgan fingerprint density at radius 1 is 1.26 bits per heavy atom. The van der Waals surface area contributed by atoms with Gasteiger partial charge < -0.3 is 15.7 Å². The van der Waals surface area contributed by atoms with E-state index in [1.165, 1.54) is 12.4 Å². The van der Waals surface area contributed by atoms with Crippen LogP contribution in [0.3, 0.4) is 0 Å². The second-order valence-corrected chi connectivity index (χ2v) is 3.37. The molecule has 0 spiro atoms. The Morgan fingerprint density at radius 2 is 2.00 bits per heavy atom. The zero-order chi connectivity index (χ0) is 13.8. The summed E-state index contributed by atoms with van der Waals surface area (Å²) in [4.78, 5) is 7.55. The van der Waals surface area contributed by atoms with Crippen molar-refractivity contribution in [1.82, 2.24) is 9.97 Å². The molecule has 0 saturated heterocycles. The second-order valence-electron chi connectivity index (χ2n) is 3.37. The molecule has 1 aromatic carbocycles. The van der Waals surface area contributed by atoms with Gasteiger partial charge in [-0.1, -0.05) is 5.16 Å². The fourth-order valence-corrected chi connectivity index (χ4v) is 1.28. The van der Waals surface area contributed by atoms with Gasteiger partial charge in [-0.15, -0.1) is 0 Å². The zero-order valence-corrected chi connectivity index (χ0v) is 9.42. The van der Waals surface area contributed by atoms with Crippen LogP contribution < -0.4 is 10.5 Å². The SMILES string of the molecule is NC(=NO)c1nccnc1Oc1cc(F)ccc1F. The summed E-state index contributed by atoms with van der Waals surface area (Å²) >= 11 is 0. The molecular formula is C11H8F2N4O2. The molecule has 0 bridgehead atoms. The van der Waals surface area contributed by atoms with E-state index in [1.54, 1.807) is 0 Å². The minimum Gasteiger partial charge on any atom is -0.434 e. The molecule has 1 aromatic heterocycles. The number of nitrogens with two attached hydrogens (primary N) is 1. The van der Waals surface area contributed by atoms with E-state index in [0.717, 1.165) is 18.2 Å². The molecular weight excluding hydrogens is 258 g/mol. The maximum absolute atomic E-state index is 13.4. The summed E-state index contributed by atoms with van der Waals surface area (Å²) < 4.78 is 31.5. The predicted octanol–water partition coefficient (Wildman–Crippen LogP) is 1.64. The highest BCUT2D eigenvalue weighted by molar-refractivity contribution is 5.97. The van der Waals surface area contributed by atoms with Crippen molar-refractivity contribution in [2.75, 3.05) is 0 Å². The lowest BCUT2D eigenvalue weighted by molar-refractivity contribution is 0.318. The molecule has 1 heterocycles. The zero-order valence-electron chi connectivity index (χ0n) is 9.42. The standard InChI is InChI=1S/C11H8F2N4O2/c12-6-1-2-7(13)8(5-6)19-11-9(10(14)17-18)15-3-4-16-11/h1-5,18H,(H2,14,17). The number of halogens is 2. The number of oxime groups is 1. The molecule has 0 amide bonds. The first-order valence-corrected chi connectivity index (χ1v) is 5.03. The second kappa shape index (κ2) is 5.25. The summed E-state index contributed by atoms with van der Waals surface area (Å²) in [6.07, 6.45) is 2.54. The molecule has 6 nitrogen and oxygen atoms in total. The number of hydrogen-bond donors (Lipinski definition) is 2. The van der Waals surface area contributed by atoms with Crippen molar-refractivity contribution in [2.45, 2.75) is 0 Å². The van der Waals surface area contributed by atoms with Gasteiger partial charge in [-0.3, -0.25) is 0 Å². The van der Waals surface area contributed by atoms with Crippen LogP contribution in [-0.2, 0) is 0 Å². The van der Waals surface area contributed by atoms with E-state index < -0.39 is 11.6 Å². The van der Waals surface area contributed by atoms with Crippen molar-refractivity contribution in [2.24, 2.45) is 10.9 Å². The van der Waals surface area contributed by atoms with Crippen LogP contribution in [0.4, 0.5) is 8.78 Å². The highest BCUT2D eigenvalue weighted by Crippen LogP contribution is 2.25. The molecule has 2 rings (SSSR count). The maximum Gasteiger partial charge on any atom is 0.249 e. The topological polar surface area (TPSA) is 93.6 Å². The van der Waals surface area contributed by atoms with E-state index in [0.29, 0.717) is 0 Å². The van der Waals surface area contributed by atoms with Gasteiger partial charge in [0.05, 0.1) is 0 Å². The lowest BCUT2D eigenvalue weighted by atomic mass is 10.3. The number of ether oxygens (including phenoxy) is 1. The average Bonchev–Trinajstić information content (AvgIpc) is 2.42. The Balaban J connectivity index is 2.41. The van der Waals surface area contributed by atoms with Crippen molar-refractivity contribution in [3.8, 4) is 11.6 Å². The van der Waals surface area contributed by atoms with Crippen molar-refractivity contribution < 1.29 is 18.7 Å². The average molecular weight is 266 g/mol. The molecule has 0 aliphatic heterocycles. The minimum atomic E-state index is -0.780. The Kier molecular flexibility index (Phi) is 3.51. The summed E-state index contributed by atoms with van der Waals surface area (Å²) in [5, 5.41) is 11.3. The van der Waals surface area contributed by atoms with Gasteiger partial charge in [0.25, 0.3) is 0 Å². The molecule has 0 atom stereocenters. The molecule has 0 aliphatic carbocycles. The number of amidine groups is 1. The van der Waals surface area contributed by atoms with Crippen LogP contribution in [0.5, 0.6) is 11.6 Å². The van der Waals surface area contributed by atoms with E-state index in [9.17, 15) is 8.78 Å². The minimum absolute atomic E-state index is 0.0892. The van der Waals surface area contributed by atoms with Gasteiger partial charge in [-0.25, -0.2) is 18.7 Å². The van der Waals surface area contributed by atoms with E-state index >= 15 is 0 Å². The predicted molar refractivity (Wildman–Crippen MR) is 61.0 cm³/mol. The van der Waals surface area contributed by atoms with Gasteiger partial charge in [0.1, 0.15) is 5.82 Å². The van der Waals surface area contributed by atoms with Crippen LogP contribution in [0.1, 0.15) is 5.69 Å². The Morgan fingerprint density at radius 3 is 2.74 bits per heavy atom. The van der Waals surface area contributed by atoms with Crippen LogP contribution >= 0.6 is 0 Å². The molecule has 0 radical (unpaired) electrons. The number of rotatable bonds is 3. The summed E-state index contributed by atoms with van der Waals surface area (Å²) in [5.74, 6) is -2.40. The van der Waals surface area contributed by atoms with E-state index in [2.05, 4.69) is 15.1 Å². The maximum atomic E-state index is 13.4. The first kappa shape index (κ1) is 12.7. The molecule has 0 fully saturated rings. The molecule has 0 saturated carbocycles. The molecule has 2 aromatic rings. The number of hydrogen-bond acceptors (Lipinski definition) is 5. The fraction of sp³-hybridized carbons (Fsp3) is 0. The largest absolute Gasteiger partial charge is 0.434 e. The van der Waals surface area contributed by atoms with E-state index in [1.807, 2.05) is 0 Å². The number of nitrogens with zero attached hydrogens (tertiary/aromatic N) is 3. The quantitative estimate of drug-likeness (QED) is 0.381. The summed E-state index contributed by atoms with van der Waals surface area (Å²) in [6.45, 7) is 0. The Bertz CT molecular complexity index is 634. The van der Waals surface area contributed by atoms with Gasteiger partial charge in [-0.05, 0) is 12.1 Å². The van der Waals surface area contributed by atoms with Gasteiger partial charge in [-0.2, -0.15) is 0 Å². The van der Waals surface area contributed by atoms with Crippen LogP contribution in [0, 0.1) is 11.6 Å². The van der Waals surface area contributed by atoms with Gasteiger partial charge >= 0.3 is 0 Å². The normalized spacial score (nSPS) is 11.4. The lowest BCUT2D eigenvalue weighted by Gasteiger charge is -2.08. The highest BCUT2D eigenvalue weighted by Gasteiger charge is 2.14. The summed E-state index contributed by atoms with van der Waals surface area (Å²) in [7, 11) is 0. The smallest absolute Gasteiger partial charge is 0.249 e. The Hall–Kier alpha value is -2.77. The molecule has 8 heteroatoms. The third kappa shape index (κ3) is 2.73. The van der Waals surface area contributed by atoms with Crippen molar-refractivity contribution in [3.63, 3.8) is 0 Å². The summed E-state index contributed by atoms with van der Waals surface area (Å²) in [6, 6.07) is 2.70. The van der Waals surface area contributed by atoms with Gasteiger partial charge in [0.15, 0.2) is 23.1 Å². The molecule has 3 N–H and O–H groups in total. The molecule has 0 unspecified atom stereocenters. The van der Waals surface area contributed by atoms with Crippen molar-refractivity contribution >= 4 is 5.84 Å². The number of aromatic nitrogens is 2. The van der Waals surface area contributed by atoms with Gasteiger partial charge in [0, 0.05) is 18.5 Å². The van der Waals surface area contributed by atoms with E-state index in [-0.39, 0.29) is 23.2 Å².